The third kappa shape index (κ3) is 4.36. The number of nitrogens with zero attached hydrogens (tertiary/aromatic N) is 1. The Kier molecular flexibility index (Phi) is 5.42. The third-order valence-corrected chi connectivity index (χ3v) is 3.49. The summed E-state index contributed by atoms with van der Waals surface area (Å²) in [4.78, 5) is 42.3. The average Bonchev–Trinajstić information content (AvgIpc) is 2.52. The molecule has 1 aliphatic rings. The van der Waals surface area contributed by atoms with Gasteiger partial charge < -0.3 is 5.32 Å². The number of nitrogens with one attached hydrogen (secondary N) is 1. The molecule has 1 saturated heterocycles. The first kappa shape index (κ1) is 16.6. The third-order valence-electron chi connectivity index (χ3n) is 3.49. The molecule has 8 nitrogen and oxygen atoms in total. The molecule has 1 N–H and O–H groups in total. The summed E-state index contributed by atoms with van der Waals surface area (Å²) in [5.74, 6) is -0.895. The molecule has 1 aliphatic heterocycles. The van der Waals surface area contributed by atoms with Crippen LogP contribution in [0, 0.1) is 16.0 Å². The molecule has 0 spiro atoms. The molecule has 2 unspecified atom stereocenters. The van der Waals surface area contributed by atoms with E-state index < -0.39 is 10.9 Å². The molecule has 23 heavy (non-hydrogen) atoms. The summed E-state index contributed by atoms with van der Waals surface area (Å²) in [5.41, 5.74) is 0.531. The largest absolute Gasteiger partial charge is 0.349 e. The highest BCUT2D eigenvalue weighted by Crippen LogP contribution is 2.19. The lowest BCUT2D eigenvalue weighted by Crippen LogP contribution is -2.57. The van der Waals surface area contributed by atoms with Gasteiger partial charge in [-0.3, -0.25) is 19.8 Å². The number of benzene rings is 1. The van der Waals surface area contributed by atoms with E-state index >= 15 is 0 Å². The Morgan fingerprint density at radius 3 is 2.65 bits per heavy atom. The number of non-ortho nitro benzene ring substituents is 1. The predicted molar refractivity (Wildman–Crippen MR) is 79.1 cm³/mol. The van der Waals surface area contributed by atoms with Crippen LogP contribution in [-0.4, -0.2) is 29.4 Å². The number of hydrogen-bond acceptors (Lipinski definition) is 6. The second-order valence-electron chi connectivity index (χ2n) is 5.04. The molecule has 2 atom stereocenters. The van der Waals surface area contributed by atoms with E-state index in [1.54, 1.807) is 6.08 Å². The first-order valence-corrected chi connectivity index (χ1v) is 7.00. The molecule has 122 valence electrons. The summed E-state index contributed by atoms with van der Waals surface area (Å²) < 4.78 is 0. The van der Waals surface area contributed by atoms with E-state index in [4.69, 9.17) is 4.89 Å². The second-order valence-corrected chi connectivity index (χ2v) is 5.04. The molecule has 1 amide bonds. The Morgan fingerprint density at radius 2 is 2.09 bits per heavy atom. The van der Waals surface area contributed by atoms with E-state index in [1.807, 2.05) is 0 Å². The fourth-order valence-electron chi connectivity index (χ4n) is 2.19. The van der Waals surface area contributed by atoms with Gasteiger partial charge in [0.15, 0.2) is 0 Å². The molecular formula is C15H16N2O6. The van der Waals surface area contributed by atoms with Crippen molar-refractivity contribution in [1.29, 1.82) is 0 Å². The molecule has 0 aliphatic carbocycles. The smallest absolute Gasteiger partial charge is 0.346 e. The minimum absolute atomic E-state index is 0.0473. The molecule has 1 fully saturated rings. The van der Waals surface area contributed by atoms with E-state index in [2.05, 4.69) is 16.8 Å². The molecule has 0 radical (unpaired) electrons. The second kappa shape index (κ2) is 7.50. The monoisotopic (exact) mass is 320 g/mol. The topological polar surface area (TPSA) is 108 Å². The maximum atomic E-state index is 11.6. The highest BCUT2D eigenvalue weighted by atomic mass is 17.2. The fourth-order valence-corrected chi connectivity index (χ4v) is 2.19. The van der Waals surface area contributed by atoms with Gasteiger partial charge in [0, 0.05) is 12.1 Å². The summed E-state index contributed by atoms with van der Waals surface area (Å²) in [5, 5.41) is 13.2. The van der Waals surface area contributed by atoms with E-state index in [0.717, 1.165) is 0 Å². The van der Waals surface area contributed by atoms with E-state index in [9.17, 15) is 19.7 Å². The standard InChI is InChI=1S/C15H16N2O6/c1-2-13-12(15(19)16-13)7-8-22-23-14(18)9-10-3-5-11(6-4-10)17(20)21/h2-6,12-13H,1,7-9H2,(H,16,19). The van der Waals surface area contributed by atoms with Crippen LogP contribution in [0.25, 0.3) is 0 Å². The summed E-state index contributed by atoms with van der Waals surface area (Å²) in [6.07, 6.45) is 2.01. The summed E-state index contributed by atoms with van der Waals surface area (Å²) in [6, 6.07) is 5.52. The Labute approximate surface area is 132 Å². The number of amides is 1. The first-order valence-electron chi connectivity index (χ1n) is 7.00. The van der Waals surface area contributed by atoms with Gasteiger partial charge in [-0.15, -0.1) is 6.58 Å². The van der Waals surface area contributed by atoms with Gasteiger partial charge in [0.25, 0.3) is 5.69 Å². The van der Waals surface area contributed by atoms with Crippen molar-refractivity contribution in [2.45, 2.75) is 18.9 Å². The Balaban J connectivity index is 1.68. The number of hydrogen-bond donors (Lipinski definition) is 1. The van der Waals surface area contributed by atoms with Crippen molar-refractivity contribution in [3.8, 4) is 0 Å². The Morgan fingerprint density at radius 1 is 1.39 bits per heavy atom. The molecule has 1 heterocycles. The first-order chi connectivity index (χ1) is 11.0. The molecule has 0 aromatic heterocycles. The van der Waals surface area contributed by atoms with Crippen molar-refractivity contribution in [3.05, 3.63) is 52.6 Å². The zero-order valence-electron chi connectivity index (χ0n) is 12.3. The summed E-state index contributed by atoms with van der Waals surface area (Å²) in [7, 11) is 0. The van der Waals surface area contributed by atoms with Crippen LogP contribution in [0.3, 0.4) is 0 Å². The van der Waals surface area contributed by atoms with Crippen molar-refractivity contribution < 1.29 is 24.3 Å². The molecule has 0 saturated carbocycles. The normalized spacial score (nSPS) is 19.4. The lowest BCUT2D eigenvalue weighted by atomic mass is 9.88. The van der Waals surface area contributed by atoms with Crippen LogP contribution in [0.1, 0.15) is 12.0 Å². The zero-order valence-corrected chi connectivity index (χ0v) is 12.3. The molecular weight excluding hydrogens is 304 g/mol. The van der Waals surface area contributed by atoms with Crippen LogP contribution >= 0.6 is 0 Å². The quantitative estimate of drug-likeness (QED) is 0.193. The molecule has 2 rings (SSSR count). The Bertz CT molecular complexity index is 613. The number of nitro groups is 1. The van der Waals surface area contributed by atoms with Crippen molar-refractivity contribution in [3.63, 3.8) is 0 Å². The van der Waals surface area contributed by atoms with Gasteiger partial charge in [-0.25, -0.2) is 4.79 Å². The SMILES string of the molecule is C=CC1NC(=O)C1CCOOC(=O)Cc1ccc([N+](=O)[O-])cc1. The molecule has 1 aromatic carbocycles. The highest BCUT2D eigenvalue weighted by Gasteiger charge is 2.36. The van der Waals surface area contributed by atoms with Crippen molar-refractivity contribution in [2.24, 2.45) is 5.92 Å². The van der Waals surface area contributed by atoms with E-state index in [1.165, 1.54) is 24.3 Å². The van der Waals surface area contributed by atoms with Crippen LogP contribution in [0.4, 0.5) is 5.69 Å². The maximum absolute atomic E-state index is 11.6. The number of carbonyl (C=O) groups excluding carboxylic acids is 2. The van der Waals surface area contributed by atoms with Crippen LogP contribution < -0.4 is 5.32 Å². The van der Waals surface area contributed by atoms with Gasteiger partial charge in [-0.1, -0.05) is 18.2 Å². The lowest BCUT2D eigenvalue weighted by molar-refractivity contribution is -0.384. The fraction of sp³-hybridized carbons (Fsp3) is 0.333. The van der Waals surface area contributed by atoms with E-state index in [-0.39, 0.29) is 36.6 Å². The summed E-state index contributed by atoms with van der Waals surface area (Å²) >= 11 is 0. The van der Waals surface area contributed by atoms with Gasteiger partial charge in [-0.05, 0) is 12.0 Å². The van der Waals surface area contributed by atoms with Gasteiger partial charge >= 0.3 is 5.97 Å². The highest BCUT2D eigenvalue weighted by molar-refractivity contribution is 5.86. The summed E-state index contributed by atoms with van der Waals surface area (Å²) in [6.45, 7) is 3.71. The van der Waals surface area contributed by atoms with Crippen LogP contribution in [-0.2, 0) is 25.8 Å². The van der Waals surface area contributed by atoms with Crippen molar-refractivity contribution in [2.75, 3.05) is 6.61 Å². The van der Waals surface area contributed by atoms with Crippen LogP contribution in [0.5, 0.6) is 0 Å². The van der Waals surface area contributed by atoms with Crippen molar-refractivity contribution in [1.82, 2.24) is 5.32 Å². The average molecular weight is 320 g/mol. The number of rotatable bonds is 8. The number of β-lactam (4-membered cyclic amide) rings is 1. The zero-order chi connectivity index (χ0) is 16.8. The molecule has 0 bridgehead atoms. The lowest BCUT2D eigenvalue weighted by Gasteiger charge is -2.34. The van der Waals surface area contributed by atoms with Gasteiger partial charge in [0.05, 0.1) is 29.9 Å². The van der Waals surface area contributed by atoms with Crippen LogP contribution in [0.15, 0.2) is 36.9 Å². The van der Waals surface area contributed by atoms with Gasteiger partial charge in [-0.2, -0.15) is 4.89 Å². The number of nitro benzene ring substituents is 1. The van der Waals surface area contributed by atoms with E-state index in [0.29, 0.717) is 12.0 Å². The molecule has 1 aromatic rings. The van der Waals surface area contributed by atoms with Crippen molar-refractivity contribution >= 4 is 17.6 Å². The van der Waals surface area contributed by atoms with Gasteiger partial charge in [0.2, 0.25) is 5.91 Å². The Hall–Kier alpha value is -2.74. The van der Waals surface area contributed by atoms with Crippen LogP contribution in [0.2, 0.25) is 0 Å². The maximum Gasteiger partial charge on any atom is 0.346 e. The minimum atomic E-state index is -0.614. The molecule has 8 heteroatoms. The minimum Gasteiger partial charge on any atom is -0.349 e. The van der Waals surface area contributed by atoms with Gasteiger partial charge in [0.1, 0.15) is 0 Å². The number of carbonyl (C=O) groups is 2. The predicted octanol–water partition coefficient (Wildman–Crippen LogP) is 1.30.